The summed E-state index contributed by atoms with van der Waals surface area (Å²) >= 11 is 3.64. The molecule has 5 heteroatoms. The third-order valence-electron chi connectivity index (χ3n) is 6.67. The number of fused-ring (bicyclic) bond motifs is 3. The second kappa shape index (κ2) is 10.4. The number of hydrogen-bond acceptors (Lipinski definition) is 3. The predicted molar refractivity (Wildman–Crippen MR) is 144 cm³/mol. The molecule has 3 nitrogen and oxygen atoms in total. The van der Waals surface area contributed by atoms with Gasteiger partial charge in [-0.2, -0.15) is 0 Å². The van der Waals surface area contributed by atoms with Gasteiger partial charge in [0, 0.05) is 15.6 Å². The normalized spacial score (nSPS) is 12.6. The second-order valence-electron chi connectivity index (χ2n) is 9.44. The molecule has 0 bridgehead atoms. The summed E-state index contributed by atoms with van der Waals surface area (Å²) in [6.07, 6.45) is 2.76. The molecule has 1 aliphatic carbocycles. The van der Waals surface area contributed by atoms with Crippen LogP contribution in [0, 0.1) is 5.82 Å². The van der Waals surface area contributed by atoms with E-state index in [9.17, 15) is 9.18 Å². The van der Waals surface area contributed by atoms with Gasteiger partial charge in [-0.15, -0.1) is 0 Å². The van der Waals surface area contributed by atoms with E-state index in [0.29, 0.717) is 5.56 Å². The number of ether oxygens (including phenoxy) is 1. The third-order valence-corrected chi connectivity index (χ3v) is 7.16. The summed E-state index contributed by atoms with van der Waals surface area (Å²) < 4.78 is 20.8. The summed E-state index contributed by atoms with van der Waals surface area (Å²) in [6.45, 7) is 4.30. The van der Waals surface area contributed by atoms with Gasteiger partial charge in [0.15, 0.2) is 0 Å². The van der Waals surface area contributed by atoms with Crippen molar-refractivity contribution in [1.82, 2.24) is 4.98 Å². The highest BCUT2D eigenvalue weighted by atomic mass is 79.9. The molecule has 1 aromatic heterocycles. The van der Waals surface area contributed by atoms with E-state index in [1.54, 1.807) is 12.1 Å². The zero-order valence-corrected chi connectivity index (χ0v) is 21.9. The molecule has 0 N–H and O–H groups in total. The van der Waals surface area contributed by atoms with Crippen LogP contribution in [0.1, 0.15) is 58.9 Å². The summed E-state index contributed by atoms with van der Waals surface area (Å²) in [4.78, 5) is 18.1. The third kappa shape index (κ3) is 4.85. The van der Waals surface area contributed by atoms with Gasteiger partial charge < -0.3 is 4.74 Å². The SMILES string of the molecule is CC(C)c1nc2c(c(-c3ccc(F)cc3)c1COC(=O)c1ccccc1)CCCc1ccc(Br)cc1-2. The molecular formula is C31H27BrFNO2. The predicted octanol–water partition coefficient (Wildman–Crippen LogP) is 8.29. The van der Waals surface area contributed by atoms with Crippen LogP contribution in [0.2, 0.25) is 0 Å². The Morgan fingerprint density at radius 3 is 2.50 bits per heavy atom. The Labute approximate surface area is 219 Å². The van der Waals surface area contributed by atoms with E-state index < -0.39 is 0 Å². The maximum atomic E-state index is 13.9. The molecule has 182 valence electrons. The van der Waals surface area contributed by atoms with E-state index in [2.05, 4.69) is 48.0 Å². The van der Waals surface area contributed by atoms with Crippen molar-refractivity contribution < 1.29 is 13.9 Å². The quantitative estimate of drug-likeness (QED) is 0.237. The van der Waals surface area contributed by atoms with Gasteiger partial charge in [-0.05, 0) is 83.8 Å². The van der Waals surface area contributed by atoms with E-state index in [1.807, 2.05) is 30.3 Å². The van der Waals surface area contributed by atoms with Crippen molar-refractivity contribution >= 4 is 21.9 Å². The molecule has 0 radical (unpaired) electrons. The van der Waals surface area contributed by atoms with E-state index in [1.165, 1.54) is 17.7 Å². The number of nitrogens with zero attached hydrogens (tertiary/aromatic N) is 1. The number of aromatic nitrogens is 1. The van der Waals surface area contributed by atoms with Gasteiger partial charge in [0.1, 0.15) is 12.4 Å². The molecule has 0 aliphatic heterocycles. The zero-order chi connectivity index (χ0) is 25.2. The maximum absolute atomic E-state index is 13.9. The summed E-state index contributed by atoms with van der Waals surface area (Å²) in [6, 6.07) is 22.0. The monoisotopic (exact) mass is 543 g/mol. The van der Waals surface area contributed by atoms with Crippen LogP contribution in [0.25, 0.3) is 22.4 Å². The van der Waals surface area contributed by atoms with Gasteiger partial charge in [-0.1, -0.05) is 66.2 Å². The molecule has 0 unspecified atom stereocenters. The van der Waals surface area contributed by atoms with Crippen LogP contribution in [0.5, 0.6) is 0 Å². The Hall–Kier alpha value is -3.31. The molecule has 3 aromatic carbocycles. The van der Waals surface area contributed by atoms with Crippen LogP contribution >= 0.6 is 15.9 Å². The van der Waals surface area contributed by atoms with Crippen molar-refractivity contribution in [2.24, 2.45) is 0 Å². The lowest BCUT2D eigenvalue weighted by Gasteiger charge is -2.23. The van der Waals surface area contributed by atoms with Gasteiger partial charge in [-0.25, -0.2) is 9.18 Å². The average Bonchev–Trinajstić information content (AvgIpc) is 3.06. The number of carbonyl (C=O) groups excluding carboxylic acids is 1. The molecule has 0 spiro atoms. The molecular weight excluding hydrogens is 517 g/mol. The largest absolute Gasteiger partial charge is 0.457 e. The highest BCUT2D eigenvalue weighted by Crippen LogP contribution is 2.42. The Morgan fingerprint density at radius 1 is 1.03 bits per heavy atom. The van der Waals surface area contributed by atoms with Crippen molar-refractivity contribution in [3.8, 4) is 22.4 Å². The Morgan fingerprint density at radius 2 is 1.78 bits per heavy atom. The fraction of sp³-hybridized carbons (Fsp3) is 0.226. The highest BCUT2D eigenvalue weighted by molar-refractivity contribution is 9.10. The second-order valence-corrected chi connectivity index (χ2v) is 10.4. The summed E-state index contributed by atoms with van der Waals surface area (Å²) in [5, 5.41) is 0. The molecule has 0 amide bonds. The van der Waals surface area contributed by atoms with E-state index >= 15 is 0 Å². The highest BCUT2D eigenvalue weighted by Gasteiger charge is 2.27. The van der Waals surface area contributed by atoms with Gasteiger partial charge >= 0.3 is 5.97 Å². The smallest absolute Gasteiger partial charge is 0.338 e. The Balaban J connectivity index is 1.72. The standard InChI is InChI=1S/C31H27BrFNO2/c1-19(2)29-27(18-36-31(35)22-7-4-3-5-8-22)28(21-12-15-24(33)16-13-21)25-10-6-9-20-11-14-23(32)17-26(20)30(25)34-29/h3-5,7-8,11-17,19H,6,9-10,18H2,1-2H3. The molecule has 36 heavy (non-hydrogen) atoms. The van der Waals surface area contributed by atoms with Gasteiger partial charge in [-0.3, -0.25) is 4.98 Å². The van der Waals surface area contributed by atoms with Crippen LogP contribution in [0.15, 0.2) is 77.3 Å². The number of aryl methyl sites for hydroxylation is 1. The van der Waals surface area contributed by atoms with Crippen LogP contribution in [-0.2, 0) is 24.2 Å². The molecule has 0 saturated carbocycles. The number of esters is 1. The number of carbonyl (C=O) groups is 1. The number of rotatable bonds is 5. The lowest BCUT2D eigenvalue weighted by Crippen LogP contribution is -2.12. The minimum Gasteiger partial charge on any atom is -0.457 e. The summed E-state index contributed by atoms with van der Waals surface area (Å²) in [5.74, 6) is -0.562. The topological polar surface area (TPSA) is 39.2 Å². The first-order valence-corrected chi connectivity index (χ1v) is 13.0. The van der Waals surface area contributed by atoms with Gasteiger partial charge in [0.2, 0.25) is 0 Å². The van der Waals surface area contributed by atoms with Crippen molar-refractivity contribution in [2.45, 2.75) is 45.6 Å². The van der Waals surface area contributed by atoms with Crippen molar-refractivity contribution in [2.75, 3.05) is 0 Å². The first kappa shape index (κ1) is 24.4. The van der Waals surface area contributed by atoms with E-state index in [4.69, 9.17) is 9.72 Å². The lowest BCUT2D eigenvalue weighted by atomic mass is 9.87. The summed E-state index contributed by atoms with van der Waals surface area (Å²) in [5.41, 5.74) is 8.66. The van der Waals surface area contributed by atoms with E-state index in [0.717, 1.165) is 62.9 Å². The minimum atomic E-state index is -0.375. The number of benzene rings is 3. The number of hydrogen-bond donors (Lipinski definition) is 0. The van der Waals surface area contributed by atoms with Crippen molar-refractivity contribution in [3.05, 3.63) is 111 Å². The molecule has 4 aromatic rings. The number of pyridine rings is 1. The molecule has 1 aliphatic rings. The average molecular weight is 544 g/mol. The van der Waals surface area contributed by atoms with Crippen molar-refractivity contribution in [1.29, 1.82) is 0 Å². The zero-order valence-electron chi connectivity index (χ0n) is 20.4. The van der Waals surface area contributed by atoms with Crippen LogP contribution in [-0.4, -0.2) is 11.0 Å². The molecule has 5 rings (SSSR count). The fourth-order valence-corrected chi connectivity index (χ4v) is 5.34. The first-order chi connectivity index (χ1) is 17.4. The lowest BCUT2D eigenvalue weighted by molar-refractivity contribution is 0.0471. The number of halogens is 2. The molecule has 0 saturated heterocycles. The van der Waals surface area contributed by atoms with Crippen LogP contribution < -0.4 is 0 Å². The van der Waals surface area contributed by atoms with E-state index in [-0.39, 0.29) is 24.3 Å². The Kier molecular flexibility index (Phi) is 7.01. The van der Waals surface area contributed by atoms with Crippen LogP contribution in [0.4, 0.5) is 4.39 Å². The summed E-state index contributed by atoms with van der Waals surface area (Å²) in [7, 11) is 0. The van der Waals surface area contributed by atoms with Gasteiger partial charge in [0.25, 0.3) is 0 Å². The van der Waals surface area contributed by atoms with Crippen LogP contribution in [0.3, 0.4) is 0 Å². The Bertz CT molecular complexity index is 1420. The maximum Gasteiger partial charge on any atom is 0.338 e. The fourth-order valence-electron chi connectivity index (χ4n) is 4.98. The van der Waals surface area contributed by atoms with Crippen molar-refractivity contribution in [3.63, 3.8) is 0 Å². The minimum absolute atomic E-state index is 0.0961. The molecule has 1 heterocycles. The van der Waals surface area contributed by atoms with Gasteiger partial charge in [0.05, 0.1) is 17.0 Å². The molecule has 0 atom stereocenters. The molecule has 0 fully saturated rings. The first-order valence-electron chi connectivity index (χ1n) is 12.2.